The normalized spacial score (nSPS) is 23.3. The van der Waals surface area contributed by atoms with Crippen molar-refractivity contribution < 1.29 is 4.42 Å². The minimum absolute atomic E-state index is 0.0217. The molecule has 2 aromatic heterocycles. The highest BCUT2D eigenvalue weighted by atomic mass is 35.5. The van der Waals surface area contributed by atoms with E-state index in [1.807, 2.05) is 60.4 Å². The number of aliphatic imine (C=N–C) groups is 1. The molecule has 0 amide bonds. The van der Waals surface area contributed by atoms with Crippen LogP contribution in [0.15, 0.2) is 64.1 Å². The highest BCUT2D eigenvalue weighted by Gasteiger charge is 2.46. The van der Waals surface area contributed by atoms with Crippen molar-refractivity contribution in [3.63, 3.8) is 0 Å². The highest BCUT2D eigenvalue weighted by molar-refractivity contribution is 8.14. The molecule has 3 atom stereocenters. The number of nitrogens with zero attached hydrogens (tertiary/aromatic N) is 3. The van der Waals surface area contributed by atoms with Crippen molar-refractivity contribution in [1.29, 1.82) is 0 Å². The molecule has 7 heteroatoms. The summed E-state index contributed by atoms with van der Waals surface area (Å²) in [6, 6.07) is 15.9. The number of pyridine rings is 1. The van der Waals surface area contributed by atoms with E-state index in [-0.39, 0.29) is 12.1 Å². The van der Waals surface area contributed by atoms with Crippen LogP contribution >= 0.6 is 35.0 Å². The maximum atomic E-state index is 6.42. The summed E-state index contributed by atoms with van der Waals surface area (Å²) in [5.74, 6) is 2.63. The summed E-state index contributed by atoms with van der Waals surface area (Å²) in [5.41, 5.74) is 1.75. The molecule has 0 aliphatic carbocycles. The molecule has 3 aromatic rings. The Morgan fingerprint density at radius 1 is 1.14 bits per heavy atom. The van der Waals surface area contributed by atoms with Gasteiger partial charge in [-0.3, -0.25) is 4.98 Å². The van der Waals surface area contributed by atoms with E-state index in [4.69, 9.17) is 32.6 Å². The first-order valence-corrected chi connectivity index (χ1v) is 11.4. The molecule has 2 aliphatic rings. The average molecular weight is 444 g/mol. The first kappa shape index (κ1) is 19.0. The number of amidine groups is 1. The van der Waals surface area contributed by atoms with Crippen molar-refractivity contribution in [3.8, 4) is 11.3 Å². The van der Waals surface area contributed by atoms with Crippen LogP contribution in [0.25, 0.3) is 11.3 Å². The second kappa shape index (κ2) is 7.71. The minimum Gasteiger partial charge on any atom is -0.459 e. The minimum atomic E-state index is -0.0955. The van der Waals surface area contributed by atoms with Gasteiger partial charge >= 0.3 is 0 Å². The Hall–Kier alpha value is -1.95. The van der Waals surface area contributed by atoms with E-state index < -0.39 is 0 Å². The third kappa shape index (κ3) is 3.25. The molecule has 0 bridgehead atoms. The van der Waals surface area contributed by atoms with Gasteiger partial charge in [-0.25, -0.2) is 4.99 Å². The lowest BCUT2D eigenvalue weighted by Crippen LogP contribution is -2.35. The fraction of sp³-hybridized carbons (Fsp3) is 0.273. The second-order valence-electron chi connectivity index (χ2n) is 7.14. The molecule has 0 radical (unpaired) electrons. The molecular formula is C22H19Cl2N3OS. The number of halogens is 2. The van der Waals surface area contributed by atoms with Crippen molar-refractivity contribution in [2.24, 2.45) is 4.99 Å². The Morgan fingerprint density at radius 2 is 2.03 bits per heavy atom. The number of furan rings is 1. The van der Waals surface area contributed by atoms with E-state index >= 15 is 0 Å². The SMILES string of the molecule is CC[C@@H]1CSC2=N[C@@H](c3ccccn3)[C@H](c3ccc(-c4cccc(Cl)c4Cl)o3)N21. The molecule has 0 spiro atoms. The molecule has 2 aliphatic heterocycles. The van der Waals surface area contributed by atoms with Gasteiger partial charge in [-0.05, 0) is 42.8 Å². The quantitative estimate of drug-likeness (QED) is 0.453. The molecule has 0 unspecified atom stereocenters. The number of rotatable bonds is 4. The zero-order chi connectivity index (χ0) is 20.0. The van der Waals surface area contributed by atoms with Gasteiger partial charge in [0.05, 0.1) is 15.7 Å². The summed E-state index contributed by atoms with van der Waals surface area (Å²) in [4.78, 5) is 12.0. The topological polar surface area (TPSA) is 41.6 Å². The van der Waals surface area contributed by atoms with Crippen molar-refractivity contribution >= 4 is 40.1 Å². The van der Waals surface area contributed by atoms with E-state index in [0.29, 0.717) is 21.8 Å². The van der Waals surface area contributed by atoms with Gasteiger partial charge in [-0.1, -0.05) is 54.0 Å². The van der Waals surface area contributed by atoms with E-state index in [0.717, 1.165) is 34.4 Å². The van der Waals surface area contributed by atoms with Crippen LogP contribution < -0.4 is 0 Å². The monoisotopic (exact) mass is 443 g/mol. The summed E-state index contributed by atoms with van der Waals surface area (Å²) < 4.78 is 6.35. The molecule has 0 N–H and O–H groups in total. The summed E-state index contributed by atoms with van der Waals surface area (Å²) in [6.07, 6.45) is 2.88. The predicted octanol–water partition coefficient (Wildman–Crippen LogP) is 6.63. The predicted molar refractivity (Wildman–Crippen MR) is 120 cm³/mol. The van der Waals surface area contributed by atoms with Crippen LogP contribution in [0.4, 0.5) is 0 Å². The molecule has 1 saturated heterocycles. The Bertz CT molecular complexity index is 1070. The van der Waals surface area contributed by atoms with E-state index in [9.17, 15) is 0 Å². The van der Waals surface area contributed by atoms with Gasteiger partial charge in [0.15, 0.2) is 5.17 Å². The maximum Gasteiger partial charge on any atom is 0.161 e. The van der Waals surface area contributed by atoms with Gasteiger partial charge in [0.25, 0.3) is 0 Å². The number of thioether (sulfide) groups is 1. The van der Waals surface area contributed by atoms with Gasteiger partial charge < -0.3 is 9.32 Å². The molecule has 1 fully saturated rings. The van der Waals surface area contributed by atoms with Gasteiger partial charge in [-0.15, -0.1) is 0 Å². The zero-order valence-electron chi connectivity index (χ0n) is 15.8. The third-order valence-corrected chi connectivity index (χ3v) is 7.41. The Kier molecular flexibility index (Phi) is 5.06. The van der Waals surface area contributed by atoms with E-state index in [2.05, 4.69) is 16.8 Å². The van der Waals surface area contributed by atoms with Crippen molar-refractivity contribution in [3.05, 3.63) is 76.2 Å². The summed E-state index contributed by atoms with van der Waals surface area (Å²) >= 11 is 14.4. The van der Waals surface area contributed by atoms with Gasteiger partial charge in [0.1, 0.15) is 23.6 Å². The van der Waals surface area contributed by atoms with Gasteiger partial charge in [0, 0.05) is 23.6 Å². The number of benzene rings is 1. The van der Waals surface area contributed by atoms with Crippen LogP contribution in [0, 0.1) is 0 Å². The molecule has 0 saturated carbocycles. The number of fused-ring (bicyclic) bond motifs is 1. The van der Waals surface area contributed by atoms with E-state index in [1.54, 1.807) is 6.07 Å². The van der Waals surface area contributed by atoms with Crippen molar-refractivity contribution in [1.82, 2.24) is 9.88 Å². The maximum absolute atomic E-state index is 6.42. The smallest absolute Gasteiger partial charge is 0.161 e. The lowest BCUT2D eigenvalue weighted by Gasteiger charge is -2.30. The fourth-order valence-electron chi connectivity index (χ4n) is 4.01. The summed E-state index contributed by atoms with van der Waals surface area (Å²) in [7, 11) is 0. The number of aromatic nitrogens is 1. The Morgan fingerprint density at radius 3 is 2.83 bits per heavy atom. The number of hydrogen-bond donors (Lipinski definition) is 0. The van der Waals surface area contributed by atoms with Gasteiger partial charge in [0.2, 0.25) is 0 Å². The zero-order valence-corrected chi connectivity index (χ0v) is 18.1. The fourth-order valence-corrected chi connectivity index (χ4v) is 5.74. The largest absolute Gasteiger partial charge is 0.459 e. The summed E-state index contributed by atoms with van der Waals surface area (Å²) in [5, 5.41) is 2.10. The second-order valence-corrected chi connectivity index (χ2v) is 8.91. The molecule has 148 valence electrons. The van der Waals surface area contributed by atoms with Crippen LogP contribution in [-0.4, -0.2) is 26.8 Å². The Balaban J connectivity index is 1.57. The standard InChI is InChI=1S/C22H19Cl2N3OS/c1-2-13-12-29-22-26-20(16-8-3-4-11-25-16)21(27(13)22)18-10-9-17(28-18)14-6-5-7-15(23)19(14)24/h3-11,13,20-21H,2,12H2,1H3/t13-,20+,21+/m1/s1. The first-order chi connectivity index (χ1) is 14.2. The lowest BCUT2D eigenvalue weighted by molar-refractivity contribution is 0.226. The molecule has 29 heavy (non-hydrogen) atoms. The van der Waals surface area contributed by atoms with Crippen molar-refractivity contribution in [2.45, 2.75) is 31.5 Å². The van der Waals surface area contributed by atoms with Crippen LogP contribution in [0.3, 0.4) is 0 Å². The van der Waals surface area contributed by atoms with Crippen LogP contribution in [-0.2, 0) is 0 Å². The van der Waals surface area contributed by atoms with Crippen LogP contribution in [0.5, 0.6) is 0 Å². The van der Waals surface area contributed by atoms with Gasteiger partial charge in [-0.2, -0.15) is 0 Å². The summed E-state index contributed by atoms with van der Waals surface area (Å²) in [6.45, 7) is 2.22. The molecule has 1 aromatic carbocycles. The molecular weight excluding hydrogens is 425 g/mol. The van der Waals surface area contributed by atoms with Crippen LogP contribution in [0.1, 0.15) is 36.9 Å². The van der Waals surface area contributed by atoms with Crippen LogP contribution in [0.2, 0.25) is 10.0 Å². The molecule has 4 heterocycles. The third-order valence-electron chi connectivity index (χ3n) is 5.46. The van der Waals surface area contributed by atoms with Crippen molar-refractivity contribution in [2.75, 3.05) is 5.75 Å². The number of hydrogen-bond acceptors (Lipinski definition) is 5. The molecule has 5 rings (SSSR count). The lowest BCUT2D eigenvalue weighted by atomic mass is 10.0. The highest BCUT2D eigenvalue weighted by Crippen LogP contribution is 2.49. The molecule has 4 nitrogen and oxygen atoms in total. The van der Waals surface area contributed by atoms with E-state index in [1.165, 1.54) is 0 Å². The average Bonchev–Trinajstić information content (AvgIpc) is 3.45. The Labute approximate surface area is 183 Å². The first-order valence-electron chi connectivity index (χ1n) is 9.61.